The van der Waals surface area contributed by atoms with E-state index in [9.17, 15) is 26.3 Å². The Labute approximate surface area is 246 Å². The van der Waals surface area contributed by atoms with Crippen LogP contribution < -0.4 is 15.5 Å². The topological polar surface area (TPSA) is 156 Å². The van der Waals surface area contributed by atoms with E-state index in [2.05, 4.69) is 30.4 Å². The first kappa shape index (κ1) is 33.0. The molecule has 242 valence electrons. The molecule has 3 N–H and O–H groups in total. The number of alkyl halides is 6. The van der Waals surface area contributed by atoms with Crippen molar-refractivity contribution in [1.29, 1.82) is 0 Å². The van der Waals surface area contributed by atoms with Gasteiger partial charge >= 0.3 is 18.3 Å². The van der Waals surface area contributed by atoms with Crippen LogP contribution in [0.4, 0.5) is 43.9 Å². The summed E-state index contributed by atoms with van der Waals surface area (Å²) in [7, 11) is 0. The summed E-state index contributed by atoms with van der Waals surface area (Å²) in [4.78, 5) is 31.1. The quantitative estimate of drug-likeness (QED) is 0.231. The van der Waals surface area contributed by atoms with E-state index in [1.807, 2.05) is 0 Å². The van der Waals surface area contributed by atoms with Crippen LogP contribution in [0.15, 0.2) is 18.6 Å². The number of anilines is 3. The molecule has 5 rings (SSSR count). The van der Waals surface area contributed by atoms with Crippen molar-refractivity contribution in [1.82, 2.24) is 39.9 Å². The highest BCUT2D eigenvalue weighted by Gasteiger charge is 2.38. The molecule has 2 aliphatic heterocycles. The lowest BCUT2D eigenvalue weighted by Crippen LogP contribution is -2.44. The Bertz CT molecular complexity index is 1360. The van der Waals surface area contributed by atoms with Gasteiger partial charge in [0.25, 0.3) is 0 Å². The summed E-state index contributed by atoms with van der Waals surface area (Å²) in [6.45, 7) is 5.03. The van der Waals surface area contributed by atoms with Gasteiger partial charge in [-0.05, 0) is 6.07 Å². The molecule has 0 saturated carbocycles. The number of piperazine rings is 1. The molecule has 3 aromatic rings. The second-order valence-electron chi connectivity index (χ2n) is 9.56. The second kappa shape index (κ2) is 14.7. The lowest BCUT2D eigenvalue weighted by Gasteiger charge is -2.28. The number of rotatable bonds is 9. The first-order chi connectivity index (χ1) is 20.9. The molecule has 0 spiro atoms. The summed E-state index contributed by atoms with van der Waals surface area (Å²) >= 11 is 0. The van der Waals surface area contributed by atoms with Crippen molar-refractivity contribution in [3.63, 3.8) is 0 Å². The number of fused-ring (bicyclic) bond motifs is 1. The predicted molar refractivity (Wildman–Crippen MR) is 142 cm³/mol. The summed E-state index contributed by atoms with van der Waals surface area (Å²) in [5.74, 6) is -1.21. The molecule has 20 heteroatoms. The number of carbonyl (C=O) groups is 1. The van der Waals surface area contributed by atoms with Gasteiger partial charge in [-0.3, -0.25) is 9.58 Å². The molecule has 0 aromatic carbocycles. The number of nitrogens with one attached hydrogen (secondary N) is 2. The molecule has 2 fully saturated rings. The number of hydrogen-bond donors (Lipinski definition) is 3. The predicted octanol–water partition coefficient (Wildman–Crippen LogP) is 1.81. The zero-order valence-corrected chi connectivity index (χ0v) is 23.2. The fraction of sp³-hybridized carbons (Fsp3) is 0.583. The summed E-state index contributed by atoms with van der Waals surface area (Å²) in [6, 6.07) is 1.71. The molecular formula is C24H30F6N10O4. The maximum Gasteiger partial charge on any atom is 0.490 e. The van der Waals surface area contributed by atoms with E-state index in [1.54, 1.807) is 16.9 Å². The van der Waals surface area contributed by atoms with Crippen LogP contribution in [-0.4, -0.2) is 124 Å². The maximum absolute atomic E-state index is 12.6. The van der Waals surface area contributed by atoms with Crippen LogP contribution in [0.5, 0.6) is 0 Å². The zero-order chi connectivity index (χ0) is 31.7. The Hall–Kier alpha value is -3.88. The smallest absolute Gasteiger partial charge is 0.475 e. The lowest BCUT2D eigenvalue weighted by atomic mass is 10.3. The van der Waals surface area contributed by atoms with Crippen LogP contribution in [0.1, 0.15) is 5.69 Å². The minimum Gasteiger partial charge on any atom is -0.475 e. The molecule has 2 saturated heterocycles. The Kier molecular flexibility index (Phi) is 11.1. The normalized spacial score (nSPS) is 16.5. The highest BCUT2D eigenvalue weighted by molar-refractivity contribution is 5.90. The number of halogens is 6. The fourth-order valence-electron chi connectivity index (χ4n) is 4.29. The van der Waals surface area contributed by atoms with Crippen molar-refractivity contribution < 1.29 is 45.7 Å². The molecule has 0 unspecified atom stereocenters. The monoisotopic (exact) mass is 636 g/mol. The Morgan fingerprint density at radius 1 is 1.09 bits per heavy atom. The van der Waals surface area contributed by atoms with Crippen LogP contribution in [0.2, 0.25) is 0 Å². The number of morpholine rings is 1. The first-order valence-electron chi connectivity index (χ1n) is 13.4. The molecule has 2 aliphatic rings. The van der Waals surface area contributed by atoms with E-state index in [1.165, 1.54) is 6.33 Å². The highest BCUT2D eigenvalue weighted by atomic mass is 19.4. The van der Waals surface area contributed by atoms with E-state index in [-0.39, 0.29) is 13.2 Å². The van der Waals surface area contributed by atoms with E-state index >= 15 is 0 Å². The number of carboxylic acid groups (broad SMARTS) is 1. The highest BCUT2D eigenvalue weighted by Crippen LogP contribution is 2.29. The zero-order valence-electron chi connectivity index (χ0n) is 23.2. The number of carboxylic acids is 1. The van der Waals surface area contributed by atoms with Crippen molar-refractivity contribution >= 4 is 34.6 Å². The van der Waals surface area contributed by atoms with Gasteiger partial charge in [0.15, 0.2) is 5.82 Å². The minimum atomic E-state index is -5.08. The maximum atomic E-state index is 12.6. The van der Waals surface area contributed by atoms with Crippen LogP contribution in [0, 0.1) is 0 Å². The van der Waals surface area contributed by atoms with Gasteiger partial charge in [0.2, 0.25) is 5.95 Å². The standard InChI is InChI=1S/C22H29F3N10O2.C2HF3O2/c23-22(24,25)14-37-12-9-35-19-18(16(32-35)13-33-7-10-36-11-8-33)30-21(34-5-3-26-4-6-34)31-20(19)29-17-1-2-27-15-28-17;3-2(4,5)1(6)7/h1-2,15,26H,3-14H2,(H,27,28,29,30,31);(H,6,7). The third-order valence-corrected chi connectivity index (χ3v) is 6.31. The summed E-state index contributed by atoms with van der Waals surface area (Å²) in [5, 5.41) is 18.5. The summed E-state index contributed by atoms with van der Waals surface area (Å²) < 4.78 is 81.5. The van der Waals surface area contributed by atoms with Crippen LogP contribution in [0.3, 0.4) is 0 Å². The number of aromatic nitrogens is 6. The third-order valence-electron chi connectivity index (χ3n) is 6.31. The third kappa shape index (κ3) is 9.56. The first-order valence-corrected chi connectivity index (χ1v) is 13.4. The van der Waals surface area contributed by atoms with Crippen LogP contribution in [0.25, 0.3) is 11.0 Å². The van der Waals surface area contributed by atoms with E-state index < -0.39 is 24.9 Å². The molecule has 3 aromatic heterocycles. The van der Waals surface area contributed by atoms with Gasteiger partial charge in [-0.15, -0.1) is 0 Å². The number of aliphatic carboxylic acids is 1. The van der Waals surface area contributed by atoms with Crippen molar-refractivity contribution in [2.24, 2.45) is 0 Å². The van der Waals surface area contributed by atoms with Gasteiger partial charge in [-0.1, -0.05) is 0 Å². The Morgan fingerprint density at radius 3 is 2.41 bits per heavy atom. The average molecular weight is 637 g/mol. The average Bonchev–Trinajstić information content (AvgIpc) is 3.33. The summed E-state index contributed by atoms with van der Waals surface area (Å²) in [6.07, 6.45) is -6.45. The Morgan fingerprint density at radius 2 is 1.80 bits per heavy atom. The molecule has 5 heterocycles. The SMILES string of the molecule is FC(F)(F)COCCn1nc(CN2CCOCC2)c2nc(N3CCNCC3)nc(Nc3ccncn3)c21.O=C(O)C(F)(F)F. The van der Waals surface area contributed by atoms with Gasteiger partial charge in [0, 0.05) is 52.0 Å². The van der Waals surface area contributed by atoms with Gasteiger partial charge in [-0.25, -0.2) is 19.7 Å². The van der Waals surface area contributed by atoms with Gasteiger partial charge in [0.1, 0.15) is 35.5 Å². The molecule has 44 heavy (non-hydrogen) atoms. The minimum absolute atomic E-state index is 0.102. The van der Waals surface area contributed by atoms with E-state index in [0.717, 1.165) is 45.0 Å². The van der Waals surface area contributed by atoms with Crippen LogP contribution >= 0.6 is 0 Å². The Balaban J connectivity index is 0.000000566. The van der Waals surface area contributed by atoms with Gasteiger partial charge in [-0.2, -0.15) is 36.4 Å². The molecule has 0 radical (unpaired) electrons. The molecule has 0 amide bonds. The van der Waals surface area contributed by atoms with Crippen molar-refractivity contribution in [3.8, 4) is 0 Å². The molecular weight excluding hydrogens is 606 g/mol. The van der Waals surface area contributed by atoms with Crippen molar-refractivity contribution in [3.05, 3.63) is 24.3 Å². The van der Waals surface area contributed by atoms with Gasteiger partial charge in [0.05, 0.1) is 26.4 Å². The van der Waals surface area contributed by atoms with Crippen molar-refractivity contribution in [2.45, 2.75) is 25.4 Å². The lowest BCUT2D eigenvalue weighted by molar-refractivity contribution is -0.192. The van der Waals surface area contributed by atoms with E-state index in [0.29, 0.717) is 48.4 Å². The largest absolute Gasteiger partial charge is 0.490 e. The second-order valence-corrected chi connectivity index (χ2v) is 9.56. The molecule has 0 bridgehead atoms. The molecule has 0 atom stereocenters. The molecule has 14 nitrogen and oxygen atoms in total. The number of ether oxygens (including phenoxy) is 2. The van der Waals surface area contributed by atoms with Crippen molar-refractivity contribution in [2.75, 3.05) is 75.9 Å². The van der Waals surface area contributed by atoms with Crippen LogP contribution in [-0.2, 0) is 27.4 Å². The van der Waals surface area contributed by atoms with E-state index in [4.69, 9.17) is 34.4 Å². The fourth-order valence-corrected chi connectivity index (χ4v) is 4.29. The number of hydrogen-bond acceptors (Lipinski definition) is 12. The van der Waals surface area contributed by atoms with Gasteiger partial charge < -0.3 is 30.1 Å². The molecule has 0 aliphatic carbocycles. The summed E-state index contributed by atoms with van der Waals surface area (Å²) in [5.41, 5.74) is 1.94. The number of nitrogens with zero attached hydrogens (tertiary/aromatic N) is 8.